The van der Waals surface area contributed by atoms with Crippen LogP contribution in [0.15, 0.2) is 0 Å². The standard InChI is InChI=1S/C13H20O5/c1-3-17-11(15)9-13(12(16)18-4-2)8-6-5-7-10(13)14/h3-9H2,1-2H3/t13-/m0/s1. The predicted molar refractivity (Wildman–Crippen MR) is 63.8 cm³/mol. The zero-order valence-electron chi connectivity index (χ0n) is 11.0. The summed E-state index contributed by atoms with van der Waals surface area (Å²) in [6.45, 7) is 3.82. The fourth-order valence-corrected chi connectivity index (χ4v) is 2.29. The number of hydrogen-bond donors (Lipinski definition) is 0. The summed E-state index contributed by atoms with van der Waals surface area (Å²) in [5.41, 5.74) is -1.31. The Morgan fingerprint density at radius 3 is 2.39 bits per heavy atom. The van der Waals surface area contributed by atoms with Crippen molar-refractivity contribution in [3.63, 3.8) is 0 Å². The van der Waals surface area contributed by atoms with Gasteiger partial charge in [-0.25, -0.2) is 0 Å². The molecule has 18 heavy (non-hydrogen) atoms. The van der Waals surface area contributed by atoms with Gasteiger partial charge in [0.05, 0.1) is 19.6 Å². The van der Waals surface area contributed by atoms with Crippen LogP contribution in [0.25, 0.3) is 0 Å². The molecule has 0 aliphatic heterocycles. The predicted octanol–water partition coefficient (Wildman–Crippen LogP) is 1.63. The van der Waals surface area contributed by atoms with E-state index in [2.05, 4.69) is 0 Å². The minimum atomic E-state index is -1.31. The second kappa shape index (κ2) is 6.52. The molecule has 0 spiro atoms. The Hall–Kier alpha value is -1.39. The molecular weight excluding hydrogens is 236 g/mol. The molecule has 0 radical (unpaired) electrons. The lowest BCUT2D eigenvalue weighted by molar-refractivity contribution is -0.168. The second-order valence-electron chi connectivity index (χ2n) is 4.41. The summed E-state index contributed by atoms with van der Waals surface area (Å²) in [5.74, 6) is -1.29. The molecule has 1 rings (SSSR count). The van der Waals surface area contributed by atoms with Crippen molar-refractivity contribution in [2.75, 3.05) is 13.2 Å². The van der Waals surface area contributed by atoms with E-state index in [9.17, 15) is 14.4 Å². The van der Waals surface area contributed by atoms with Gasteiger partial charge in [0.1, 0.15) is 5.41 Å². The lowest BCUT2D eigenvalue weighted by Crippen LogP contribution is -2.44. The highest BCUT2D eigenvalue weighted by molar-refractivity contribution is 6.06. The average Bonchev–Trinajstić information content (AvgIpc) is 2.32. The first-order chi connectivity index (χ1) is 8.56. The Morgan fingerprint density at radius 1 is 1.17 bits per heavy atom. The van der Waals surface area contributed by atoms with Crippen LogP contribution in [0, 0.1) is 5.41 Å². The fraction of sp³-hybridized carbons (Fsp3) is 0.769. The minimum absolute atomic E-state index is 0.194. The Balaban J connectivity index is 2.89. The third-order valence-electron chi connectivity index (χ3n) is 3.21. The Bertz CT molecular complexity index is 336. The molecule has 0 bridgehead atoms. The largest absolute Gasteiger partial charge is 0.466 e. The first-order valence-corrected chi connectivity index (χ1v) is 6.43. The first-order valence-electron chi connectivity index (χ1n) is 6.43. The van der Waals surface area contributed by atoms with Crippen LogP contribution in [0.3, 0.4) is 0 Å². The molecule has 102 valence electrons. The molecule has 0 aromatic rings. The van der Waals surface area contributed by atoms with Crippen molar-refractivity contribution >= 4 is 17.7 Å². The minimum Gasteiger partial charge on any atom is -0.466 e. The van der Waals surface area contributed by atoms with Gasteiger partial charge in [0.25, 0.3) is 0 Å². The van der Waals surface area contributed by atoms with Crippen LogP contribution in [0.5, 0.6) is 0 Å². The topological polar surface area (TPSA) is 69.7 Å². The summed E-state index contributed by atoms with van der Waals surface area (Å²) in [6, 6.07) is 0. The van der Waals surface area contributed by atoms with E-state index >= 15 is 0 Å². The second-order valence-corrected chi connectivity index (χ2v) is 4.41. The molecule has 5 nitrogen and oxygen atoms in total. The molecule has 1 fully saturated rings. The number of Topliss-reactive ketones (excluding diaryl/α,β-unsaturated/α-hetero) is 1. The van der Waals surface area contributed by atoms with E-state index in [1.807, 2.05) is 0 Å². The van der Waals surface area contributed by atoms with Crippen molar-refractivity contribution in [3.05, 3.63) is 0 Å². The van der Waals surface area contributed by atoms with Crippen LogP contribution in [-0.4, -0.2) is 30.9 Å². The van der Waals surface area contributed by atoms with Crippen LogP contribution >= 0.6 is 0 Å². The van der Waals surface area contributed by atoms with Gasteiger partial charge in [0.15, 0.2) is 5.78 Å². The van der Waals surface area contributed by atoms with Crippen LogP contribution in [-0.2, 0) is 23.9 Å². The summed E-state index contributed by atoms with van der Waals surface area (Å²) in [5, 5.41) is 0. The van der Waals surface area contributed by atoms with Gasteiger partial charge in [-0.2, -0.15) is 0 Å². The maximum Gasteiger partial charge on any atom is 0.320 e. The van der Waals surface area contributed by atoms with Crippen LogP contribution in [0.2, 0.25) is 0 Å². The number of esters is 2. The smallest absolute Gasteiger partial charge is 0.320 e. The average molecular weight is 256 g/mol. The van der Waals surface area contributed by atoms with Gasteiger partial charge in [0, 0.05) is 6.42 Å². The molecule has 1 atom stereocenters. The summed E-state index contributed by atoms with van der Waals surface area (Å²) in [4.78, 5) is 35.7. The van der Waals surface area contributed by atoms with Gasteiger partial charge in [-0.3, -0.25) is 14.4 Å². The molecule has 0 heterocycles. The molecule has 0 unspecified atom stereocenters. The van der Waals surface area contributed by atoms with Gasteiger partial charge in [-0.15, -0.1) is 0 Å². The van der Waals surface area contributed by atoms with Crippen molar-refractivity contribution < 1.29 is 23.9 Å². The Labute approximate surface area is 107 Å². The normalized spacial score (nSPS) is 23.6. The summed E-state index contributed by atoms with van der Waals surface area (Å²) in [7, 11) is 0. The Morgan fingerprint density at radius 2 is 1.83 bits per heavy atom. The molecule has 1 aliphatic carbocycles. The lowest BCUT2D eigenvalue weighted by atomic mass is 9.70. The lowest BCUT2D eigenvalue weighted by Gasteiger charge is -2.32. The number of rotatable bonds is 5. The van der Waals surface area contributed by atoms with Crippen molar-refractivity contribution in [1.82, 2.24) is 0 Å². The van der Waals surface area contributed by atoms with E-state index in [1.54, 1.807) is 13.8 Å². The number of carbonyl (C=O) groups excluding carboxylic acids is 3. The SMILES string of the molecule is CCOC(=O)C[C@@]1(C(=O)OCC)CCCCC1=O. The van der Waals surface area contributed by atoms with Crippen LogP contribution < -0.4 is 0 Å². The molecular formula is C13H20O5. The third-order valence-corrected chi connectivity index (χ3v) is 3.21. The van der Waals surface area contributed by atoms with E-state index in [4.69, 9.17) is 9.47 Å². The van der Waals surface area contributed by atoms with E-state index in [-0.39, 0.29) is 25.4 Å². The van der Waals surface area contributed by atoms with Gasteiger partial charge in [-0.1, -0.05) is 6.42 Å². The molecule has 0 aromatic carbocycles. The third kappa shape index (κ3) is 3.09. The molecule has 1 aliphatic rings. The zero-order chi connectivity index (χ0) is 13.6. The Kier molecular flexibility index (Phi) is 5.31. The molecule has 1 saturated carbocycles. The summed E-state index contributed by atoms with van der Waals surface area (Å²) < 4.78 is 9.81. The zero-order valence-corrected chi connectivity index (χ0v) is 11.0. The van der Waals surface area contributed by atoms with Crippen molar-refractivity contribution in [3.8, 4) is 0 Å². The van der Waals surface area contributed by atoms with Gasteiger partial charge in [0.2, 0.25) is 0 Å². The van der Waals surface area contributed by atoms with E-state index in [0.717, 1.165) is 12.8 Å². The summed E-state index contributed by atoms with van der Waals surface area (Å²) >= 11 is 0. The summed E-state index contributed by atoms with van der Waals surface area (Å²) in [6.07, 6.45) is 2.03. The quantitative estimate of drug-likeness (QED) is 0.552. The monoisotopic (exact) mass is 256 g/mol. The highest BCUT2D eigenvalue weighted by atomic mass is 16.5. The van der Waals surface area contributed by atoms with E-state index in [1.165, 1.54) is 0 Å². The highest BCUT2D eigenvalue weighted by Crippen LogP contribution is 2.38. The van der Waals surface area contributed by atoms with Gasteiger partial charge in [-0.05, 0) is 26.7 Å². The van der Waals surface area contributed by atoms with E-state index in [0.29, 0.717) is 12.8 Å². The van der Waals surface area contributed by atoms with E-state index < -0.39 is 17.4 Å². The van der Waals surface area contributed by atoms with Gasteiger partial charge < -0.3 is 9.47 Å². The van der Waals surface area contributed by atoms with Gasteiger partial charge >= 0.3 is 11.9 Å². The van der Waals surface area contributed by atoms with Crippen molar-refractivity contribution in [1.29, 1.82) is 0 Å². The maximum absolute atomic E-state index is 12.1. The molecule has 0 saturated heterocycles. The molecule has 0 aromatic heterocycles. The number of carbonyl (C=O) groups is 3. The molecule has 0 N–H and O–H groups in total. The van der Waals surface area contributed by atoms with Crippen molar-refractivity contribution in [2.45, 2.75) is 46.0 Å². The molecule has 0 amide bonds. The van der Waals surface area contributed by atoms with Crippen LogP contribution in [0.4, 0.5) is 0 Å². The maximum atomic E-state index is 12.1. The highest BCUT2D eigenvalue weighted by Gasteiger charge is 2.49. The molecule has 5 heteroatoms. The fourth-order valence-electron chi connectivity index (χ4n) is 2.29. The first kappa shape index (κ1) is 14.7. The van der Waals surface area contributed by atoms with Crippen LogP contribution in [0.1, 0.15) is 46.0 Å². The van der Waals surface area contributed by atoms with Crippen molar-refractivity contribution in [2.24, 2.45) is 5.41 Å². The number of ketones is 1. The number of hydrogen-bond acceptors (Lipinski definition) is 5. The number of ether oxygens (including phenoxy) is 2.